The Hall–Kier alpha value is -0.280. The van der Waals surface area contributed by atoms with Gasteiger partial charge in [0.1, 0.15) is 0 Å². The van der Waals surface area contributed by atoms with Crippen LogP contribution in [-0.4, -0.2) is 26.8 Å². The Balaban J connectivity index is 2.60. The molecular weight excluding hydrogens is 257 g/mol. The van der Waals surface area contributed by atoms with Gasteiger partial charge in [-0.15, -0.1) is 0 Å². The number of halogens is 2. The first kappa shape index (κ1) is 14.8. The molecule has 0 heterocycles. The van der Waals surface area contributed by atoms with Gasteiger partial charge in [0.25, 0.3) is 0 Å². The van der Waals surface area contributed by atoms with Crippen molar-refractivity contribution in [2.45, 2.75) is 25.3 Å². The van der Waals surface area contributed by atoms with E-state index in [4.69, 9.17) is 27.9 Å². The van der Waals surface area contributed by atoms with Crippen LogP contribution >= 0.6 is 23.2 Å². The van der Waals surface area contributed by atoms with Gasteiger partial charge in [-0.3, -0.25) is 0 Å². The van der Waals surface area contributed by atoms with E-state index >= 15 is 0 Å². The largest absolute Gasteiger partial charge is 0.385 e. The highest BCUT2D eigenvalue weighted by Gasteiger charge is 2.12. The van der Waals surface area contributed by atoms with Gasteiger partial charge < -0.3 is 10.1 Å². The van der Waals surface area contributed by atoms with Gasteiger partial charge in [-0.25, -0.2) is 0 Å². The van der Waals surface area contributed by atoms with Crippen molar-refractivity contribution in [2.75, 3.05) is 20.8 Å². The molecule has 2 nitrogen and oxygen atoms in total. The average molecular weight is 276 g/mol. The molecule has 0 spiro atoms. The van der Waals surface area contributed by atoms with Crippen molar-refractivity contribution in [3.63, 3.8) is 0 Å². The predicted octanol–water partition coefficient (Wildman–Crippen LogP) is 3.55. The van der Waals surface area contributed by atoms with Crippen molar-refractivity contribution in [3.05, 3.63) is 33.8 Å². The number of rotatable bonds is 7. The minimum atomic E-state index is 0.377. The first-order valence-electron chi connectivity index (χ1n) is 5.78. The van der Waals surface area contributed by atoms with E-state index in [1.54, 1.807) is 7.11 Å². The zero-order valence-electron chi connectivity index (χ0n) is 10.3. The lowest BCUT2D eigenvalue weighted by Gasteiger charge is -2.17. The Labute approximate surface area is 113 Å². The summed E-state index contributed by atoms with van der Waals surface area (Å²) in [4.78, 5) is 0. The summed E-state index contributed by atoms with van der Waals surface area (Å²) in [6.07, 6.45) is 2.93. The van der Waals surface area contributed by atoms with Gasteiger partial charge in [0.15, 0.2) is 0 Å². The highest BCUT2D eigenvalue weighted by Crippen LogP contribution is 2.26. The van der Waals surface area contributed by atoms with Crippen LogP contribution in [0.4, 0.5) is 0 Å². The van der Waals surface area contributed by atoms with Crippen molar-refractivity contribution in [1.82, 2.24) is 5.32 Å². The SMILES string of the molecule is CNC(CCCOC)Cc1c(Cl)cccc1Cl. The minimum Gasteiger partial charge on any atom is -0.385 e. The molecule has 0 saturated carbocycles. The van der Waals surface area contributed by atoms with Crippen LogP contribution in [0.1, 0.15) is 18.4 Å². The molecule has 1 rings (SSSR count). The molecule has 1 aromatic rings. The highest BCUT2D eigenvalue weighted by molar-refractivity contribution is 6.35. The van der Waals surface area contributed by atoms with Crippen LogP contribution in [-0.2, 0) is 11.2 Å². The zero-order chi connectivity index (χ0) is 12.7. The number of ether oxygens (including phenoxy) is 1. The first-order valence-corrected chi connectivity index (χ1v) is 6.53. The molecule has 0 aliphatic carbocycles. The maximum atomic E-state index is 6.15. The molecule has 1 unspecified atom stereocenters. The lowest BCUT2D eigenvalue weighted by molar-refractivity contribution is 0.189. The molecule has 4 heteroatoms. The van der Waals surface area contributed by atoms with Gasteiger partial charge in [-0.1, -0.05) is 29.3 Å². The van der Waals surface area contributed by atoms with Gasteiger partial charge in [0.2, 0.25) is 0 Å². The summed E-state index contributed by atoms with van der Waals surface area (Å²) in [5.74, 6) is 0. The van der Waals surface area contributed by atoms with E-state index in [0.717, 1.165) is 41.5 Å². The predicted molar refractivity (Wildman–Crippen MR) is 74.1 cm³/mol. The Morgan fingerprint density at radius 3 is 2.47 bits per heavy atom. The van der Waals surface area contributed by atoms with E-state index in [9.17, 15) is 0 Å². The van der Waals surface area contributed by atoms with E-state index in [0.29, 0.717) is 6.04 Å². The molecule has 1 N–H and O–H groups in total. The molecule has 0 aliphatic rings. The van der Waals surface area contributed by atoms with Gasteiger partial charge in [-0.05, 0) is 44.0 Å². The molecule has 1 aromatic carbocycles. The number of hydrogen-bond acceptors (Lipinski definition) is 2. The third-order valence-electron chi connectivity index (χ3n) is 2.82. The highest BCUT2D eigenvalue weighted by atomic mass is 35.5. The monoisotopic (exact) mass is 275 g/mol. The van der Waals surface area contributed by atoms with Crippen molar-refractivity contribution in [3.8, 4) is 0 Å². The number of hydrogen-bond donors (Lipinski definition) is 1. The molecule has 0 saturated heterocycles. The lowest BCUT2D eigenvalue weighted by Crippen LogP contribution is -2.28. The quantitative estimate of drug-likeness (QED) is 0.769. The summed E-state index contributed by atoms with van der Waals surface area (Å²) >= 11 is 12.3. The maximum absolute atomic E-state index is 6.15. The summed E-state index contributed by atoms with van der Waals surface area (Å²) in [5, 5.41) is 4.77. The lowest BCUT2D eigenvalue weighted by atomic mass is 10.0. The minimum absolute atomic E-state index is 0.377. The van der Waals surface area contributed by atoms with Gasteiger partial charge >= 0.3 is 0 Å². The molecule has 0 aromatic heterocycles. The standard InChI is InChI=1S/C13H19Cl2NO/c1-16-10(5-4-8-17-2)9-11-12(14)6-3-7-13(11)15/h3,6-7,10,16H,4-5,8-9H2,1-2H3. The fourth-order valence-electron chi connectivity index (χ4n) is 1.80. The fourth-order valence-corrected chi connectivity index (χ4v) is 2.35. The summed E-state index contributed by atoms with van der Waals surface area (Å²) in [6, 6.07) is 6.01. The van der Waals surface area contributed by atoms with Crippen molar-refractivity contribution in [1.29, 1.82) is 0 Å². The normalized spacial score (nSPS) is 12.7. The average Bonchev–Trinajstić information content (AvgIpc) is 2.32. The van der Waals surface area contributed by atoms with E-state index < -0.39 is 0 Å². The summed E-state index contributed by atoms with van der Waals surface area (Å²) in [5.41, 5.74) is 1.02. The third-order valence-corrected chi connectivity index (χ3v) is 3.53. The number of benzene rings is 1. The van der Waals surface area contributed by atoms with E-state index in [1.165, 1.54) is 0 Å². The van der Waals surface area contributed by atoms with Gasteiger partial charge in [0, 0.05) is 29.8 Å². The van der Waals surface area contributed by atoms with E-state index in [1.807, 2.05) is 25.2 Å². The summed E-state index contributed by atoms with van der Waals surface area (Å²) in [6.45, 7) is 0.786. The smallest absolute Gasteiger partial charge is 0.0462 e. The van der Waals surface area contributed by atoms with E-state index in [-0.39, 0.29) is 0 Å². The van der Waals surface area contributed by atoms with Gasteiger partial charge in [-0.2, -0.15) is 0 Å². The van der Waals surface area contributed by atoms with Crippen molar-refractivity contribution >= 4 is 23.2 Å². The van der Waals surface area contributed by atoms with Crippen LogP contribution in [0.5, 0.6) is 0 Å². The summed E-state index contributed by atoms with van der Waals surface area (Å²) < 4.78 is 5.05. The Morgan fingerprint density at radius 1 is 1.29 bits per heavy atom. The second-order valence-electron chi connectivity index (χ2n) is 4.02. The molecule has 17 heavy (non-hydrogen) atoms. The van der Waals surface area contributed by atoms with Crippen molar-refractivity contribution in [2.24, 2.45) is 0 Å². The fraction of sp³-hybridized carbons (Fsp3) is 0.538. The molecular formula is C13H19Cl2NO. The Bertz CT molecular complexity index is 324. The van der Waals surface area contributed by atoms with E-state index in [2.05, 4.69) is 5.32 Å². The van der Waals surface area contributed by atoms with Crippen LogP contribution in [0.3, 0.4) is 0 Å². The van der Waals surface area contributed by atoms with Crippen LogP contribution in [0, 0.1) is 0 Å². The molecule has 0 aliphatic heterocycles. The van der Waals surface area contributed by atoms with Crippen molar-refractivity contribution < 1.29 is 4.74 Å². The topological polar surface area (TPSA) is 21.3 Å². The number of likely N-dealkylation sites (N-methyl/N-ethyl adjacent to an activating group) is 1. The van der Waals surface area contributed by atoms with Crippen LogP contribution in [0.15, 0.2) is 18.2 Å². The molecule has 0 radical (unpaired) electrons. The van der Waals surface area contributed by atoms with Crippen LogP contribution < -0.4 is 5.32 Å². The Morgan fingerprint density at radius 2 is 1.94 bits per heavy atom. The molecule has 0 amide bonds. The second-order valence-corrected chi connectivity index (χ2v) is 4.84. The van der Waals surface area contributed by atoms with Gasteiger partial charge in [0.05, 0.1) is 0 Å². The Kier molecular flexibility index (Phi) is 6.90. The number of methoxy groups -OCH3 is 1. The molecule has 0 bridgehead atoms. The first-order chi connectivity index (χ1) is 8.19. The maximum Gasteiger partial charge on any atom is 0.0462 e. The summed E-state index contributed by atoms with van der Waals surface area (Å²) in [7, 11) is 3.68. The van der Waals surface area contributed by atoms with Crippen LogP contribution in [0.2, 0.25) is 10.0 Å². The molecule has 96 valence electrons. The number of nitrogens with one attached hydrogen (secondary N) is 1. The third kappa shape index (κ3) is 4.84. The zero-order valence-corrected chi connectivity index (χ0v) is 11.8. The second kappa shape index (κ2) is 7.93. The molecule has 1 atom stereocenters. The van der Waals surface area contributed by atoms with Crippen LogP contribution in [0.25, 0.3) is 0 Å². The molecule has 0 fully saturated rings.